The minimum absolute atomic E-state index is 0.374. The van der Waals surface area contributed by atoms with Crippen LogP contribution in [0.25, 0.3) is 0 Å². The van der Waals surface area contributed by atoms with E-state index >= 15 is 0 Å². The number of anilines is 1. The summed E-state index contributed by atoms with van der Waals surface area (Å²) in [5, 5.41) is 9.88. The Hall–Kier alpha value is -1.10. The number of rotatable bonds is 6. The maximum atomic E-state index is 11.0. The van der Waals surface area contributed by atoms with E-state index < -0.39 is 5.97 Å². The fourth-order valence-corrected chi connectivity index (χ4v) is 2.55. The lowest BCUT2D eigenvalue weighted by molar-refractivity contribution is 0.0701. The monoisotopic (exact) mass is 256 g/mol. The summed E-state index contributed by atoms with van der Waals surface area (Å²) in [6.07, 6.45) is 1.78. The molecule has 0 radical (unpaired) electrons. The molecule has 0 spiro atoms. The van der Waals surface area contributed by atoms with Crippen LogP contribution in [0.3, 0.4) is 0 Å². The number of hydrogen-bond acceptors (Lipinski definition) is 4. The fourth-order valence-electron chi connectivity index (χ4n) is 1.58. The van der Waals surface area contributed by atoms with E-state index in [1.165, 1.54) is 11.3 Å². The first kappa shape index (κ1) is 14.0. The molecule has 0 aromatic carbocycles. The Morgan fingerprint density at radius 3 is 2.59 bits per heavy atom. The van der Waals surface area contributed by atoms with Crippen molar-refractivity contribution in [3.63, 3.8) is 0 Å². The zero-order valence-corrected chi connectivity index (χ0v) is 11.7. The predicted molar refractivity (Wildman–Crippen MR) is 71.2 cm³/mol. The van der Waals surface area contributed by atoms with E-state index in [9.17, 15) is 4.79 Å². The Balaban J connectivity index is 2.87. The van der Waals surface area contributed by atoms with Gasteiger partial charge < -0.3 is 10.0 Å². The largest absolute Gasteiger partial charge is 0.477 e. The SMILES string of the molecule is CCc1nc(N(C)CC(C)CC)sc1C(=O)O. The summed E-state index contributed by atoms with van der Waals surface area (Å²) >= 11 is 1.27. The number of nitrogens with zero attached hydrogens (tertiary/aromatic N) is 2. The third-order valence-corrected chi connectivity index (χ3v) is 4.02. The highest BCUT2D eigenvalue weighted by molar-refractivity contribution is 7.17. The summed E-state index contributed by atoms with van der Waals surface area (Å²) in [6, 6.07) is 0. The molecule has 0 saturated carbocycles. The summed E-state index contributed by atoms with van der Waals surface area (Å²) in [4.78, 5) is 17.9. The Labute approximate surface area is 106 Å². The van der Waals surface area contributed by atoms with Crippen molar-refractivity contribution in [1.29, 1.82) is 0 Å². The Morgan fingerprint density at radius 1 is 1.53 bits per heavy atom. The van der Waals surface area contributed by atoms with Crippen molar-refractivity contribution in [2.45, 2.75) is 33.6 Å². The lowest BCUT2D eigenvalue weighted by Gasteiger charge is -2.19. The van der Waals surface area contributed by atoms with Crippen LogP contribution < -0.4 is 4.90 Å². The van der Waals surface area contributed by atoms with Gasteiger partial charge in [0.25, 0.3) is 0 Å². The van der Waals surface area contributed by atoms with Gasteiger partial charge in [-0.25, -0.2) is 9.78 Å². The van der Waals surface area contributed by atoms with Gasteiger partial charge in [-0.15, -0.1) is 0 Å². The zero-order valence-electron chi connectivity index (χ0n) is 10.9. The zero-order chi connectivity index (χ0) is 13.0. The standard InChI is InChI=1S/C12H20N2O2S/c1-5-8(3)7-14(4)12-13-9(6-2)10(17-12)11(15)16/h8H,5-7H2,1-4H3,(H,15,16). The minimum atomic E-state index is -0.873. The maximum absolute atomic E-state index is 11.0. The average Bonchev–Trinajstić information content (AvgIpc) is 2.72. The van der Waals surface area contributed by atoms with Crippen LogP contribution in [-0.4, -0.2) is 29.7 Å². The molecule has 0 saturated heterocycles. The molecule has 1 unspecified atom stereocenters. The predicted octanol–water partition coefficient (Wildman–Crippen LogP) is 2.89. The number of hydrogen-bond donors (Lipinski definition) is 1. The van der Waals surface area contributed by atoms with Crippen molar-refractivity contribution in [3.8, 4) is 0 Å². The summed E-state index contributed by atoms with van der Waals surface area (Å²) in [5.74, 6) is -0.287. The van der Waals surface area contributed by atoms with Gasteiger partial charge in [-0.1, -0.05) is 38.5 Å². The van der Waals surface area contributed by atoms with Gasteiger partial charge in [0.2, 0.25) is 0 Å². The molecule has 17 heavy (non-hydrogen) atoms. The molecule has 0 aliphatic rings. The van der Waals surface area contributed by atoms with Gasteiger partial charge >= 0.3 is 5.97 Å². The molecular formula is C12H20N2O2S. The number of thiazole rings is 1. The van der Waals surface area contributed by atoms with E-state index in [0.29, 0.717) is 22.9 Å². The number of aromatic carboxylic acids is 1. The highest BCUT2D eigenvalue weighted by Gasteiger charge is 2.18. The third kappa shape index (κ3) is 3.43. The summed E-state index contributed by atoms with van der Waals surface area (Å²) < 4.78 is 0. The number of carboxylic acids is 1. The van der Waals surface area contributed by atoms with Gasteiger partial charge in [0.05, 0.1) is 5.69 Å². The van der Waals surface area contributed by atoms with Crippen molar-refractivity contribution < 1.29 is 9.90 Å². The normalized spacial score (nSPS) is 12.5. The molecule has 0 aliphatic heterocycles. The second-order valence-electron chi connectivity index (χ2n) is 4.32. The maximum Gasteiger partial charge on any atom is 0.347 e. The van der Waals surface area contributed by atoms with Crippen molar-refractivity contribution in [1.82, 2.24) is 4.98 Å². The smallest absolute Gasteiger partial charge is 0.347 e. The van der Waals surface area contributed by atoms with Gasteiger partial charge in [0.15, 0.2) is 5.13 Å². The molecule has 96 valence electrons. The van der Waals surface area contributed by atoms with Crippen LogP contribution in [0.5, 0.6) is 0 Å². The number of aryl methyl sites for hydroxylation is 1. The fraction of sp³-hybridized carbons (Fsp3) is 0.667. The van der Waals surface area contributed by atoms with Crippen molar-refractivity contribution in [3.05, 3.63) is 10.6 Å². The quantitative estimate of drug-likeness (QED) is 0.850. The van der Waals surface area contributed by atoms with Crippen LogP contribution in [0.15, 0.2) is 0 Å². The number of aromatic nitrogens is 1. The molecule has 1 atom stereocenters. The molecule has 1 heterocycles. The molecule has 1 rings (SSSR count). The third-order valence-electron chi connectivity index (χ3n) is 2.82. The van der Waals surface area contributed by atoms with Crippen molar-refractivity contribution >= 4 is 22.4 Å². The van der Waals surface area contributed by atoms with Crippen LogP contribution in [0.1, 0.15) is 42.6 Å². The molecule has 1 N–H and O–H groups in total. The molecule has 1 aromatic rings. The lowest BCUT2D eigenvalue weighted by atomic mass is 10.1. The molecule has 0 aliphatic carbocycles. The molecule has 1 aromatic heterocycles. The highest BCUT2D eigenvalue weighted by Crippen LogP contribution is 2.26. The average molecular weight is 256 g/mol. The summed E-state index contributed by atoms with van der Waals surface area (Å²) in [5.41, 5.74) is 0.688. The summed E-state index contributed by atoms with van der Waals surface area (Å²) in [6.45, 7) is 7.18. The molecule has 0 fully saturated rings. The van der Waals surface area contributed by atoms with Crippen LogP contribution in [0.4, 0.5) is 5.13 Å². The van der Waals surface area contributed by atoms with Gasteiger partial charge in [0.1, 0.15) is 4.88 Å². The van der Waals surface area contributed by atoms with Gasteiger partial charge in [-0.2, -0.15) is 0 Å². The first-order valence-electron chi connectivity index (χ1n) is 5.93. The van der Waals surface area contributed by atoms with E-state index in [4.69, 9.17) is 5.11 Å². The molecule has 0 amide bonds. The second kappa shape index (κ2) is 6.00. The Kier molecular flexibility index (Phi) is 4.93. The van der Waals surface area contributed by atoms with E-state index in [2.05, 4.69) is 18.8 Å². The topological polar surface area (TPSA) is 53.4 Å². The Bertz CT molecular complexity index is 390. The van der Waals surface area contributed by atoms with E-state index in [1.54, 1.807) is 0 Å². The Morgan fingerprint density at radius 2 is 2.18 bits per heavy atom. The first-order valence-corrected chi connectivity index (χ1v) is 6.75. The van der Waals surface area contributed by atoms with E-state index in [0.717, 1.165) is 18.1 Å². The molecule has 5 heteroatoms. The minimum Gasteiger partial charge on any atom is -0.477 e. The van der Waals surface area contributed by atoms with Crippen LogP contribution in [0, 0.1) is 5.92 Å². The lowest BCUT2D eigenvalue weighted by Crippen LogP contribution is -2.23. The van der Waals surface area contributed by atoms with Gasteiger partial charge in [-0.05, 0) is 12.3 Å². The highest BCUT2D eigenvalue weighted by atomic mass is 32.1. The first-order chi connectivity index (χ1) is 7.99. The number of carboxylic acid groups (broad SMARTS) is 1. The van der Waals surface area contributed by atoms with Gasteiger partial charge in [-0.3, -0.25) is 0 Å². The van der Waals surface area contributed by atoms with Crippen LogP contribution in [0.2, 0.25) is 0 Å². The van der Waals surface area contributed by atoms with Crippen molar-refractivity contribution in [2.75, 3.05) is 18.5 Å². The molecule has 4 nitrogen and oxygen atoms in total. The van der Waals surface area contributed by atoms with Crippen molar-refractivity contribution in [2.24, 2.45) is 5.92 Å². The second-order valence-corrected chi connectivity index (χ2v) is 5.30. The van der Waals surface area contributed by atoms with E-state index in [1.807, 2.05) is 18.9 Å². The van der Waals surface area contributed by atoms with Gasteiger partial charge in [0, 0.05) is 13.6 Å². The van der Waals surface area contributed by atoms with E-state index in [-0.39, 0.29) is 0 Å². The molecular weight excluding hydrogens is 236 g/mol. The molecule has 0 bridgehead atoms. The van der Waals surface area contributed by atoms with Crippen LogP contribution in [-0.2, 0) is 6.42 Å². The van der Waals surface area contributed by atoms with Crippen LogP contribution >= 0.6 is 11.3 Å². The summed E-state index contributed by atoms with van der Waals surface area (Å²) in [7, 11) is 1.97. The number of carbonyl (C=O) groups is 1.